The van der Waals surface area contributed by atoms with Crippen LogP contribution < -0.4 is 21.3 Å². The second-order valence-corrected chi connectivity index (χ2v) is 10.0. The van der Waals surface area contributed by atoms with Crippen LogP contribution in [0.4, 0.5) is 0 Å². The Hall–Kier alpha value is -2.70. The molecule has 4 atom stereocenters. The fraction of sp³-hybridized carbons (Fsp3) is 0.500. The highest BCUT2D eigenvalue weighted by atomic mass is 32.2. The molecule has 2 heterocycles. The molecule has 3 rings (SSSR count). The highest BCUT2D eigenvalue weighted by molar-refractivity contribution is 7.98. The second kappa shape index (κ2) is 13.6. The summed E-state index contributed by atoms with van der Waals surface area (Å²) in [6.45, 7) is 0.737. The molecule has 3 amide bonds. The number of aromatic nitrogens is 1. The zero-order valence-corrected chi connectivity index (χ0v) is 21.8. The Morgan fingerprint density at radius 2 is 1.83 bits per heavy atom. The lowest BCUT2D eigenvalue weighted by Gasteiger charge is -2.24. The maximum absolute atomic E-state index is 13.3. The standard InChI is InChI=1S/C24H33N5O5S2/c1-36-10-8-18(24(33)34)27-23(32)20(13-35)29-22(31)19(28-21(30)17-7-4-9-25-17)11-14-12-26-16-6-3-2-5-15(14)16/h2-3,5-6,12,17-20,25-26,35H,4,7-11,13H2,1H3,(H,27,32)(H,28,30)(H,29,31)(H,33,34). The quantitative estimate of drug-likeness (QED) is 0.186. The van der Waals surface area contributed by atoms with Gasteiger partial charge >= 0.3 is 5.97 Å². The number of amides is 3. The molecule has 0 aliphatic carbocycles. The number of hydrogen-bond donors (Lipinski definition) is 7. The summed E-state index contributed by atoms with van der Waals surface area (Å²) in [5.74, 6) is -2.08. The van der Waals surface area contributed by atoms with Crippen LogP contribution in [-0.2, 0) is 25.6 Å². The lowest BCUT2D eigenvalue weighted by Crippen LogP contribution is -2.58. The van der Waals surface area contributed by atoms with E-state index in [9.17, 15) is 24.3 Å². The maximum atomic E-state index is 13.3. The Balaban J connectivity index is 1.74. The van der Waals surface area contributed by atoms with Gasteiger partial charge in [0, 0.05) is 29.3 Å². The first-order chi connectivity index (χ1) is 17.3. The van der Waals surface area contributed by atoms with E-state index < -0.39 is 35.9 Å². The normalized spacial score (nSPS) is 17.8. The summed E-state index contributed by atoms with van der Waals surface area (Å²) in [5, 5.41) is 21.5. The van der Waals surface area contributed by atoms with Gasteiger partial charge < -0.3 is 31.4 Å². The fourth-order valence-corrected chi connectivity index (χ4v) is 4.87. The van der Waals surface area contributed by atoms with Gasteiger partial charge in [-0.15, -0.1) is 0 Å². The molecule has 0 radical (unpaired) electrons. The second-order valence-electron chi connectivity index (χ2n) is 8.70. The van der Waals surface area contributed by atoms with E-state index in [-0.39, 0.29) is 30.5 Å². The van der Waals surface area contributed by atoms with Crippen LogP contribution in [0.15, 0.2) is 30.5 Å². The van der Waals surface area contributed by atoms with E-state index in [1.807, 2.05) is 30.5 Å². The van der Waals surface area contributed by atoms with Crippen molar-refractivity contribution in [3.8, 4) is 0 Å². The van der Waals surface area contributed by atoms with Gasteiger partial charge in [-0.3, -0.25) is 14.4 Å². The smallest absolute Gasteiger partial charge is 0.326 e. The van der Waals surface area contributed by atoms with Crippen LogP contribution in [0.5, 0.6) is 0 Å². The Bertz CT molecular complexity index is 1070. The van der Waals surface area contributed by atoms with Gasteiger partial charge in [-0.1, -0.05) is 18.2 Å². The molecule has 0 spiro atoms. The first kappa shape index (κ1) is 27.9. The highest BCUT2D eigenvalue weighted by Gasteiger charge is 2.31. The Morgan fingerprint density at radius 1 is 1.11 bits per heavy atom. The molecule has 1 aromatic heterocycles. The predicted octanol–water partition coefficient (Wildman–Crippen LogP) is 0.684. The fourth-order valence-electron chi connectivity index (χ4n) is 4.14. The van der Waals surface area contributed by atoms with Crippen molar-refractivity contribution < 1.29 is 24.3 Å². The zero-order chi connectivity index (χ0) is 26.1. The van der Waals surface area contributed by atoms with Crippen molar-refractivity contribution in [1.82, 2.24) is 26.3 Å². The number of carbonyl (C=O) groups excluding carboxylic acids is 3. The average molecular weight is 536 g/mol. The first-order valence-electron chi connectivity index (χ1n) is 11.9. The molecule has 36 heavy (non-hydrogen) atoms. The van der Waals surface area contributed by atoms with E-state index in [4.69, 9.17) is 0 Å². The van der Waals surface area contributed by atoms with E-state index in [2.05, 4.69) is 38.9 Å². The highest BCUT2D eigenvalue weighted by Crippen LogP contribution is 2.19. The summed E-state index contributed by atoms with van der Waals surface area (Å²) in [5.41, 5.74) is 1.76. The third-order valence-corrected chi connectivity index (χ3v) is 7.16. The Labute approximate surface area is 219 Å². The summed E-state index contributed by atoms with van der Waals surface area (Å²) in [6.07, 6.45) is 5.67. The first-order valence-corrected chi connectivity index (χ1v) is 13.9. The monoisotopic (exact) mass is 535 g/mol. The number of thiol groups is 1. The Kier molecular flexibility index (Phi) is 10.5. The van der Waals surface area contributed by atoms with Crippen LogP contribution in [0.2, 0.25) is 0 Å². The van der Waals surface area contributed by atoms with Crippen LogP contribution in [0.1, 0.15) is 24.8 Å². The van der Waals surface area contributed by atoms with E-state index >= 15 is 0 Å². The van der Waals surface area contributed by atoms with Gasteiger partial charge in [0.2, 0.25) is 17.7 Å². The number of carboxylic acid groups (broad SMARTS) is 1. The summed E-state index contributed by atoms with van der Waals surface area (Å²) in [4.78, 5) is 53.7. The van der Waals surface area contributed by atoms with Crippen molar-refractivity contribution in [2.75, 3.05) is 24.3 Å². The molecule has 1 aromatic carbocycles. The summed E-state index contributed by atoms with van der Waals surface area (Å²) in [6, 6.07) is 4.20. The molecule has 0 bridgehead atoms. The van der Waals surface area contributed by atoms with Gasteiger partial charge in [-0.25, -0.2) is 4.79 Å². The number of carboxylic acids is 1. The third kappa shape index (κ3) is 7.40. The minimum atomic E-state index is -1.14. The number of rotatable bonds is 13. The summed E-state index contributed by atoms with van der Waals surface area (Å²) >= 11 is 5.67. The van der Waals surface area contributed by atoms with E-state index in [1.165, 1.54) is 11.8 Å². The number of nitrogens with one attached hydrogen (secondary N) is 5. The molecule has 1 aliphatic heterocycles. The van der Waals surface area contributed by atoms with Gasteiger partial charge in [0.15, 0.2) is 0 Å². The largest absolute Gasteiger partial charge is 0.480 e. The Morgan fingerprint density at radius 3 is 2.50 bits per heavy atom. The van der Waals surface area contributed by atoms with Crippen LogP contribution in [-0.4, -0.2) is 82.3 Å². The zero-order valence-electron chi connectivity index (χ0n) is 20.1. The molecule has 196 valence electrons. The average Bonchev–Trinajstić information content (AvgIpc) is 3.55. The van der Waals surface area contributed by atoms with E-state index in [0.717, 1.165) is 29.4 Å². The van der Waals surface area contributed by atoms with Crippen LogP contribution in [0.3, 0.4) is 0 Å². The number of aromatic amines is 1. The summed E-state index contributed by atoms with van der Waals surface area (Å²) < 4.78 is 0. The van der Waals surface area contributed by atoms with Crippen molar-refractivity contribution in [3.05, 3.63) is 36.0 Å². The van der Waals surface area contributed by atoms with Gasteiger partial charge in [0.25, 0.3) is 0 Å². The lowest BCUT2D eigenvalue weighted by molar-refractivity contribution is -0.142. The molecule has 1 fully saturated rings. The van der Waals surface area contributed by atoms with Crippen molar-refractivity contribution in [1.29, 1.82) is 0 Å². The number of para-hydroxylation sites is 1. The van der Waals surface area contributed by atoms with Gasteiger partial charge in [0.05, 0.1) is 6.04 Å². The van der Waals surface area contributed by atoms with Crippen LogP contribution in [0.25, 0.3) is 10.9 Å². The molecule has 6 N–H and O–H groups in total. The minimum absolute atomic E-state index is 0.0373. The van der Waals surface area contributed by atoms with Crippen molar-refractivity contribution in [3.63, 3.8) is 0 Å². The predicted molar refractivity (Wildman–Crippen MR) is 143 cm³/mol. The number of benzene rings is 1. The van der Waals surface area contributed by atoms with Crippen molar-refractivity contribution in [2.24, 2.45) is 0 Å². The summed E-state index contributed by atoms with van der Waals surface area (Å²) in [7, 11) is 0. The molecular formula is C24H33N5O5S2. The lowest BCUT2D eigenvalue weighted by atomic mass is 10.0. The minimum Gasteiger partial charge on any atom is -0.480 e. The third-order valence-electron chi connectivity index (χ3n) is 6.15. The molecule has 2 aromatic rings. The van der Waals surface area contributed by atoms with Crippen molar-refractivity contribution in [2.45, 2.75) is 49.9 Å². The number of H-pyrrole nitrogens is 1. The molecule has 4 unspecified atom stereocenters. The van der Waals surface area contributed by atoms with Crippen LogP contribution in [0, 0.1) is 0 Å². The van der Waals surface area contributed by atoms with E-state index in [1.54, 1.807) is 6.20 Å². The van der Waals surface area contributed by atoms with Crippen LogP contribution >= 0.6 is 24.4 Å². The number of thioether (sulfide) groups is 1. The maximum Gasteiger partial charge on any atom is 0.326 e. The molecule has 0 saturated carbocycles. The number of carbonyl (C=O) groups is 4. The molecular weight excluding hydrogens is 502 g/mol. The number of aliphatic carboxylic acids is 1. The van der Waals surface area contributed by atoms with Gasteiger partial charge in [-0.05, 0) is 49.4 Å². The van der Waals surface area contributed by atoms with Gasteiger partial charge in [-0.2, -0.15) is 24.4 Å². The van der Waals surface area contributed by atoms with E-state index in [0.29, 0.717) is 12.2 Å². The van der Waals surface area contributed by atoms with Crippen molar-refractivity contribution >= 4 is 59.0 Å². The van der Waals surface area contributed by atoms with Gasteiger partial charge in [0.1, 0.15) is 18.1 Å². The molecule has 1 aliphatic rings. The SMILES string of the molecule is CSCCC(NC(=O)C(CS)NC(=O)C(Cc1c[nH]c2ccccc12)NC(=O)C1CCCN1)C(=O)O. The number of fused-ring (bicyclic) bond motifs is 1. The topological polar surface area (TPSA) is 152 Å². The molecule has 1 saturated heterocycles. The molecule has 12 heteroatoms. The molecule has 10 nitrogen and oxygen atoms in total. The number of hydrogen-bond acceptors (Lipinski definition) is 7.